The van der Waals surface area contributed by atoms with E-state index in [1.807, 2.05) is 19.1 Å². The molecule has 68 valence electrons. The number of rotatable bonds is 0. The highest BCUT2D eigenvalue weighted by molar-refractivity contribution is 9.10. The van der Waals surface area contributed by atoms with Crippen molar-refractivity contribution in [3.05, 3.63) is 27.7 Å². The lowest BCUT2D eigenvalue weighted by atomic mass is 9.99. The van der Waals surface area contributed by atoms with Gasteiger partial charge in [-0.2, -0.15) is 0 Å². The van der Waals surface area contributed by atoms with E-state index >= 15 is 0 Å². The molecule has 1 heterocycles. The van der Waals surface area contributed by atoms with Gasteiger partial charge < -0.3 is 5.32 Å². The number of benzene rings is 1. The Bertz CT molecular complexity index is 373. The van der Waals surface area contributed by atoms with Gasteiger partial charge in [-0.25, -0.2) is 0 Å². The molecule has 0 amide bonds. The molecule has 13 heavy (non-hydrogen) atoms. The third kappa shape index (κ3) is 1.37. The van der Waals surface area contributed by atoms with Gasteiger partial charge >= 0.3 is 0 Å². The Morgan fingerprint density at radius 2 is 2.23 bits per heavy atom. The van der Waals surface area contributed by atoms with E-state index in [1.54, 1.807) is 0 Å². The molecule has 0 radical (unpaired) electrons. The molecule has 1 N–H and O–H groups in total. The predicted molar refractivity (Wildman–Crippen MR) is 56.3 cm³/mol. The number of hydrogen-bond donors (Lipinski definition) is 1. The molecule has 1 aromatic rings. The average molecular weight is 240 g/mol. The second-order valence-electron chi connectivity index (χ2n) is 3.19. The molecule has 1 aliphatic heterocycles. The molecule has 2 rings (SSSR count). The van der Waals surface area contributed by atoms with E-state index in [0.29, 0.717) is 6.42 Å². The normalized spacial score (nSPS) is 15.1. The summed E-state index contributed by atoms with van der Waals surface area (Å²) < 4.78 is 1.05. The van der Waals surface area contributed by atoms with Crippen molar-refractivity contribution < 1.29 is 4.79 Å². The van der Waals surface area contributed by atoms with Crippen molar-refractivity contribution in [2.75, 3.05) is 11.9 Å². The maximum Gasteiger partial charge on any atom is 0.166 e. The monoisotopic (exact) mass is 239 g/mol. The lowest BCUT2D eigenvalue weighted by Crippen LogP contribution is -2.18. The Morgan fingerprint density at radius 1 is 1.46 bits per heavy atom. The van der Waals surface area contributed by atoms with Crippen LogP contribution in [0.3, 0.4) is 0 Å². The number of hydrogen-bond acceptors (Lipinski definition) is 2. The largest absolute Gasteiger partial charge is 0.384 e. The molecule has 3 heteroatoms. The Morgan fingerprint density at radius 3 is 3.00 bits per heavy atom. The smallest absolute Gasteiger partial charge is 0.166 e. The second kappa shape index (κ2) is 3.14. The van der Waals surface area contributed by atoms with Crippen LogP contribution in [0.1, 0.15) is 22.3 Å². The van der Waals surface area contributed by atoms with Crippen molar-refractivity contribution in [2.45, 2.75) is 13.3 Å². The number of carbonyl (C=O) groups is 1. The summed E-state index contributed by atoms with van der Waals surface area (Å²) in [4.78, 5) is 11.5. The fourth-order valence-electron chi connectivity index (χ4n) is 1.58. The van der Waals surface area contributed by atoms with E-state index in [2.05, 4.69) is 21.2 Å². The van der Waals surface area contributed by atoms with E-state index in [-0.39, 0.29) is 5.78 Å². The van der Waals surface area contributed by atoms with E-state index in [9.17, 15) is 4.79 Å². The summed E-state index contributed by atoms with van der Waals surface area (Å²) in [6.45, 7) is 2.76. The first-order valence-corrected chi connectivity index (χ1v) is 5.05. The van der Waals surface area contributed by atoms with Crippen molar-refractivity contribution in [3.63, 3.8) is 0 Å². The van der Waals surface area contributed by atoms with Gasteiger partial charge in [0.2, 0.25) is 0 Å². The number of halogens is 1. The summed E-state index contributed by atoms with van der Waals surface area (Å²) in [6, 6.07) is 3.81. The van der Waals surface area contributed by atoms with Crippen LogP contribution >= 0.6 is 15.9 Å². The summed E-state index contributed by atoms with van der Waals surface area (Å²) in [6.07, 6.45) is 0.605. The van der Waals surface area contributed by atoms with Crippen LogP contribution in [0.2, 0.25) is 0 Å². The van der Waals surface area contributed by atoms with Crippen molar-refractivity contribution in [1.82, 2.24) is 0 Å². The maximum absolute atomic E-state index is 11.5. The molecule has 0 saturated carbocycles. The minimum absolute atomic E-state index is 0.240. The second-order valence-corrected chi connectivity index (χ2v) is 4.05. The van der Waals surface area contributed by atoms with E-state index in [4.69, 9.17) is 0 Å². The highest BCUT2D eigenvalue weighted by Gasteiger charge is 2.18. The van der Waals surface area contributed by atoms with Crippen LogP contribution in [0.5, 0.6) is 0 Å². The van der Waals surface area contributed by atoms with Gasteiger partial charge in [0.1, 0.15) is 0 Å². The third-order valence-corrected chi connectivity index (χ3v) is 3.21. The Balaban J connectivity index is 2.63. The zero-order valence-corrected chi connectivity index (χ0v) is 8.94. The highest BCUT2D eigenvalue weighted by atomic mass is 79.9. The Hall–Kier alpha value is -0.830. The zero-order chi connectivity index (χ0) is 9.42. The van der Waals surface area contributed by atoms with E-state index in [1.165, 1.54) is 0 Å². The minimum Gasteiger partial charge on any atom is -0.384 e. The average Bonchev–Trinajstić information content (AvgIpc) is 2.12. The highest BCUT2D eigenvalue weighted by Crippen LogP contribution is 2.30. The lowest BCUT2D eigenvalue weighted by Gasteiger charge is -2.19. The summed E-state index contributed by atoms with van der Waals surface area (Å²) >= 11 is 3.44. The van der Waals surface area contributed by atoms with E-state index < -0.39 is 0 Å². The number of fused-ring (bicyclic) bond motifs is 1. The summed E-state index contributed by atoms with van der Waals surface area (Å²) in [5.74, 6) is 0.240. The summed E-state index contributed by atoms with van der Waals surface area (Å²) in [5, 5.41) is 3.25. The molecule has 0 bridgehead atoms. The first-order valence-electron chi connectivity index (χ1n) is 4.26. The summed E-state index contributed by atoms with van der Waals surface area (Å²) in [7, 11) is 0. The maximum atomic E-state index is 11.5. The van der Waals surface area contributed by atoms with Gasteiger partial charge in [0, 0.05) is 28.7 Å². The lowest BCUT2D eigenvalue weighted by molar-refractivity contribution is 0.0983. The van der Waals surface area contributed by atoms with Crippen LogP contribution < -0.4 is 5.32 Å². The van der Waals surface area contributed by atoms with Crippen molar-refractivity contribution >= 4 is 27.4 Å². The van der Waals surface area contributed by atoms with Crippen LogP contribution in [0.4, 0.5) is 5.69 Å². The zero-order valence-electron chi connectivity index (χ0n) is 7.36. The van der Waals surface area contributed by atoms with Crippen molar-refractivity contribution in [2.24, 2.45) is 0 Å². The number of carbonyl (C=O) groups excluding carboxylic acids is 1. The first kappa shape index (κ1) is 8.75. The molecule has 0 fully saturated rings. The molecule has 0 aliphatic carbocycles. The molecule has 0 spiro atoms. The van der Waals surface area contributed by atoms with Gasteiger partial charge in [-0.1, -0.05) is 15.9 Å². The minimum atomic E-state index is 0.240. The van der Waals surface area contributed by atoms with Crippen LogP contribution in [0, 0.1) is 6.92 Å². The molecule has 1 aromatic carbocycles. The van der Waals surface area contributed by atoms with Gasteiger partial charge in [-0.15, -0.1) is 0 Å². The topological polar surface area (TPSA) is 29.1 Å². The molecule has 1 aliphatic rings. The Labute approximate surface area is 85.5 Å². The fraction of sp³-hybridized carbons (Fsp3) is 0.300. The van der Waals surface area contributed by atoms with Crippen LogP contribution in [0.15, 0.2) is 16.6 Å². The number of ketones is 1. The molecule has 0 atom stereocenters. The van der Waals surface area contributed by atoms with Gasteiger partial charge in [-0.05, 0) is 24.6 Å². The van der Waals surface area contributed by atoms with Crippen LogP contribution in [-0.4, -0.2) is 12.3 Å². The molecule has 0 aromatic heterocycles. The third-order valence-electron chi connectivity index (χ3n) is 2.35. The fourth-order valence-corrected chi connectivity index (χ4v) is 1.91. The van der Waals surface area contributed by atoms with Crippen LogP contribution in [0.25, 0.3) is 0 Å². The van der Waals surface area contributed by atoms with E-state index in [0.717, 1.165) is 27.8 Å². The molecule has 0 saturated heterocycles. The number of Topliss-reactive ketones (excluding diaryl/α,β-unsaturated/α-hetero) is 1. The van der Waals surface area contributed by atoms with Crippen LogP contribution in [-0.2, 0) is 0 Å². The standard InChI is InChI=1S/C10H10BrNO/c1-6-8(11)3-2-7-9(13)4-5-12-10(6)7/h2-3,12H,4-5H2,1H3. The quantitative estimate of drug-likeness (QED) is 0.755. The molecular weight excluding hydrogens is 230 g/mol. The van der Waals surface area contributed by atoms with Crippen molar-refractivity contribution in [3.8, 4) is 0 Å². The summed E-state index contributed by atoms with van der Waals surface area (Å²) in [5.41, 5.74) is 2.93. The van der Waals surface area contributed by atoms with Gasteiger partial charge in [0.05, 0.1) is 0 Å². The molecular formula is C10H10BrNO. The predicted octanol–water partition coefficient (Wildman–Crippen LogP) is 2.76. The number of nitrogens with one attached hydrogen (secondary N) is 1. The molecule has 2 nitrogen and oxygen atoms in total. The first-order chi connectivity index (χ1) is 6.20. The Kier molecular flexibility index (Phi) is 2.12. The van der Waals surface area contributed by atoms with Crippen molar-refractivity contribution in [1.29, 1.82) is 0 Å². The van der Waals surface area contributed by atoms with Gasteiger partial charge in [-0.3, -0.25) is 4.79 Å². The van der Waals surface area contributed by atoms with Gasteiger partial charge in [0.25, 0.3) is 0 Å². The number of anilines is 1. The van der Waals surface area contributed by atoms with Gasteiger partial charge in [0.15, 0.2) is 5.78 Å². The SMILES string of the molecule is Cc1c(Br)ccc2c1NCCC2=O. The molecule has 0 unspecified atom stereocenters.